The predicted molar refractivity (Wildman–Crippen MR) is 132 cm³/mol. The zero-order valence-corrected chi connectivity index (χ0v) is 21.8. The smallest absolute Gasteiger partial charge is 0.406 e. The van der Waals surface area contributed by atoms with Crippen LogP contribution in [0.25, 0.3) is 0 Å². The van der Waals surface area contributed by atoms with Crippen molar-refractivity contribution in [3.63, 3.8) is 0 Å². The Bertz CT molecular complexity index is 912. The fraction of sp³-hybridized carbons (Fsp3) is 0.625. The molecule has 1 aromatic carbocycles. The lowest BCUT2D eigenvalue weighted by atomic mass is 9.80. The normalized spacial score (nSPS) is 19.8. The number of hydrogen-bond donors (Lipinski definition) is 2. The van der Waals surface area contributed by atoms with E-state index in [9.17, 15) is 14.4 Å². The van der Waals surface area contributed by atoms with Gasteiger partial charge in [-0.1, -0.05) is 13.8 Å². The summed E-state index contributed by atoms with van der Waals surface area (Å²) in [6, 6.07) is 3.98. The van der Waals surface area contributed by atoms with Crippen LogP contribution in [0.15, 0.2) is 16.6 Å². The number of carbonyl (C=O) groups excluding carboxylic acids is 3. The molecule has 1 fully saturated rings. The summed E-state index contributed by atoms with van der Waals surface area (Å²) in [5.74, 6) is -0.0714. The molecule has 3 amide bonds. The lowest BCUT2D eigenvalue weighted by molar-refractivity contribution is -0.127. The quantitative estimate of drug-likeness (QED) is 0.597. The molecule has 0 spiro atoms. The summed E-state index contributed by atoms with van der Waals surface area (Å²) in [5.41, 5.74) is 1.69. The van der Waals surface area contributed by atoms with Crippen LogP contribution in [0, 0.1) is 5.41 Å². The summed E-state index contributed by atoms with van der Waals surface area (Å²) in [6.07, 6.45) is 2.05. The summed E-state index contributed by atoms with van der Waals surface area (Å²) < 4.78 is 5.37. The number of piperidine rings is 1. The third-order valence-electron chi connectivity index (χ3n) is 6.39. The van der Waals surface area contributed by atoms with Gasteiger partial charge in [-0.3, -0.25) is 9.59 Å². The summed E-state index contributed by atoms with van der Waals surface area (Å²) in [7, 11) is 1.30. The molecule has 2 aliphatic heterocycles. The Morgan fingerprint density at radius 1 is 1.36 bits per heavy atom. The molecule has 1 atom stereocenters. The Balaban J connectivity index is 1.96. The largest absolute Gasteiger partial charge is 0.453 e. The van der Waals surface area contributed by atoms with Crippen LogP contribution in [0.5, 0.6) is 0 Å². The average Bonchev–Trinajstić information content (AvgIpc) is 2.76. The maximum Gasteiger partial charge on any atom is 0.406 e. The second-order valence-electron chi connectivity index (χ2n) is 9.70. The fourth-order valence-electron chi connectivity index (χ4n) is 4.78. The number of anilines is 1. The van der Waals surface area contributed by atoms with Crippen LogP contribution in [0.3, 0.4) is 0 Å². The van der Waals surface area contributed by atoms with Crippen molar-refractivity contribution < 1.29 is 19.1 Å². The molecule has 0 unspecified atom stereocenters. The maximum atomic E-state index is 13.7. The second-order valence-corrected chi connectivity index (χ2v) is 10.6. The number of nitrogens with one attached hydrogen (secondary N) is 2. The first kappa shape index (κ1) is 25.5. The summed E-state index contributed by atoms with van der Waals surface area (Å²) >= 11 is 3.63. The van der Waals surface area contributed by atoms with E-state index in [0.29, 0.717) is 18.5 Å². The third-order valence-corrected chi connectivity index (χ3v) is 7.05. The highest BCUT2D eigenvalue weighted by Gasteiger charge is 2.40. The van der Waals surface area contributed by atoms with Crippen molar-refractivity contribution in [3.8, 4) is 0 Å². The molecule has 0 saturated carbocycles. The number of benzene rings is 1. The van der Waals surface area contributed by atoms with Crippen LogP contribution in [0.4, 0.5) is 10.5 Å². The van der Waals surface area contributed by atoms with Gasteiger partial charge in [0.1, 0.15) is 0 Å². The van der Waals surface area contributed by atoms with Crippen molar-refractivity contribution >= 4 is 39.5 Å². The Kier molecular flexibility index (Phi) is 8.05. The minimum absolute atomic E-state index is 0.0282. The van der Waals surface area contributed by atoms with E-state index in [1.807, 2.05) is 44.7 Å². The van der Waals surface area contributed by atoms with Gasteiger partial charge in [-0.05, 0) is 73.3 Å². The molecule has 0 aliphatic carbocycles. The van der Waals surface area contributed by atoms with Crippen molar-refractivity contribution in [1.82, 2.24) is 15.5 Å². The number of carbonyl (C=O) groups is 3. The van der Waals surface area contributed by atoms with E-state index in [1.54, 1.807) is 4.90 Å². The molecule has 0 radical (unpaired) electrons. The van der Waals surface area contributed by atoms with Crippen LogP contribution in [-0.4, -0.2) is 68.2 Å². The number of methoxy groups -OCH3 is 1. The Labute approximate surface area is 204 Å². The van der Waals surface area contributed by atoms with Gasteiger partial charge in [-0.15, -0.1) is 0 Å². The van der Waals surface area contributed by atoms with E-state index in [0.717, 1.165) is 41.7 Å². The standard InChI is InChI=1S/C24H35BrN4O4/c1-15(2)29(17-7-6-8-26-14-17)21(30)18-12-20-16(11-19(18)25)13-24(3,4)22(31)28(20)10-9-27-23(32)33-5/h11-12,15,17,26H,6-10,13-14H2,1-5H3,(H,27,32)/t17-/m1/s1. The van der Waals surface area contributed by atoms with Crippen molar-refractivity contribution in [2.24, 2.45) is 5.41 Å². The van der Waals surface area contributed by atoms with Gasteiger partial charge >= 0.3 is 6.09 Å². The van der Waals surface area contributed by atoms with E-state index in [4.69, 9.17) is 0 Å². The molecule has 182 valence electrons. The predicted octanol–water partition coefficient (Wildman–Crippen LogP) is 3.32. The molecule has 9 heteroatoms. The van der Waals surface area contributed by atoms with Gasteiger partial charge in [0, 0.05) is 47.3 Å². The van der Waals surface area contributed by atoms with Crippen molar-refractivity contribution in [3.05, 3.63) is 27.7 Å². The zero-order valence-electron chi connectivity index (χ0n) is 20.2. The number of ether oxygens (including phenoxy) is 1. The number of amides is 3. The first-order valence-electron chi connectivity index (χ1n) is 11.6. The zero-order chi connectivity index (χ0) is 24.3. The molecule has 2 heterocycles. The van der Waals surface area contributed by atoms with Gasteiger partial charge < -0.3 is 25.2 Å². The Morgan fingerprint density at radius 3 is 2.70 bits per heavy atom. The Hall–Kier alpha value is -2.13. The van der Waals surface area contributed by atoms with Gasteiger partial charge in [0.05, 0.1) is 12.7 Å². The molecule has 0 bridgehead atoms. The van der Waals surface area contributed by atoms with Gasteiger partial charge in [0.15, 0.2) is 0 Å². The van der Waals surface area contributed by atoms with E-state index in [1.165, 1.54) is 7.11 Å². The molecule has 2 N–H and O–H groups in total. The molecule has 1 saturated heterocycles. The van der Waals surface area contributed by atoms with Gasteiger partial charge in [0.2, 0.25) is 5.91 Å². The van der Waals surface area contributed by atoms with E-state index < -0.39 is 11.5 Å². The molecule has 8 nitrogen and oxygen atoms in total. The van der Waals surface area contributed by atoms with E-state index >= 15 is 0 Å². The highest BCUT2D eigenvalue weighted by molar-refractivity contribution is 9.10. The third kappa shape index (κ3) is 5.51. The van der Waals surface area contributed by atoms with Gasteiger partial charge in [-0.2, -0.15) is 0 Å². The number of hydrogen-bond acceptors (Lipinski definition) is 5. The van der Waals surface area contributed by atoms with Crippen molar-refractivity contribution in [2.45, 2.75) is 59.0 Å². The molecule has 33 heavy (non-hydrogen) atoms. The average molecular weight is 523 g/mol. The molecule has 1 aromatic rings. The highest BCUT2D eigenvalue weighted by atomic mass is 79.9. The van der Waals surface area contributed by atoms with Gasteiger partial charge in [0.25, 0.3) is 5.91 Å². The van der Waals surface area contributed by atoms with Gasteiger partial charge in [-0.25, -0.2) is 4.79 Å². The van der Waals surface area contributed by atoms with Crippen LogP contribution < -0.4 is 15.5 Å². The maximum absolute atomic E-state index is 13.7. The number of alkyl carbamates (subject to hydrolysis) is 1. The number of fused-ring (bicyclic) bond motifs is 1. The first-order valence-corrected chi connectivity index (χ1v) is 12.4. The van der Waals surface area contributed by atoms with E-state index in [-0.39, 0.29) is 30.4 Å². The topological polar surface area (TPSA) is 91.0 Å². The molecular weight excluding hydrogens is 488 g/mol. The minimum atomic E-state index is -0.582. The molecule has 0 aromatic heterocycles. The molecule has 2 aliphatic rings. The number of rotatable bonds is 6. The first-order chi connectivity index (χ1) is 15.6. The second kappa shape index (κ2) is 10.4. The van der Waals surface area contributed by atoms with Crippen molar-refractivity contribution in [1.29, 1.82) is 0 Å². The molecular formula is C24H35BrN4O4. The minimum Gasteiger partial charge on any atom is -0.453 e. The highest BCUT2D eigenvalue weighted by Crippen LogP contribution is 2.40. The fourth-order valence-corrected chi connectivity index (χ4v) is 5.34. The van der Waals surface area contributed by atoms with Crippen LogP contribution in [-0.2, 0) is 16.0 Å². The van der Waals surface area contributed by atoms with Crippen LogP contribution >= 0.6 is 15.9 Å². The van der Waals surface area contributed by atoms with Crippen LogP contribution in [0.2, 0.25) is 0 Å². The van der Waals surface area contributed by atoms with Crippen LogP contribution in [0.1, 0.15) is 56.5 Å². The lowest BCUT2D eigenvalue weighted by Gasteiger charge is -2.40. The lowest BCUT2D eigenvalue weighted by Crippen LogP contribution is -2.52. The Morgan fingerprint density at radius 2 is 2.09 bits per heavy atom. The monoisotopic (exact) mass is 522 g/mol. The molecule has 3 rings (SSSR count). The summed E-state index contributed by atoms with van der Waals surface area (Å²) in [6.45, 7) is 10.2. The number of halogens is 1. The number of nitrogens with zero attached hydrogens (tertiary/aromatic N) is 2. The SMILES string of the molecule is COC(=O)NCCN1C(=O)C(C)(C)Cc2cc(Br)c(C(=O)N(C(C)C)[C@@H]3CCCNC3)cc21. The van der Waals surface area contributed by atoms with E-state index in [2.05, 4.69) is 31.3 Å². The summed E-state index contributed by atoms with van der Waals surface area (Å²) in [5, 5.41) is 6.03. The van der Waals surface area contributed by atoms with Crippen molar-refractivity contribution in [2.75, 3.05) is 38.2 Å². The summed E-state index contributed by atoms with van der Waals surface area (Å²) in [4.78, 5) is 42.1.